The first-order chi connectivity index (χ1) is 4.79. The number of carboxylic acid groups (broad SMARTS) is 1. The van der Waals surface area contributed by atoms with E-state index in [0.29, 0.717) is 0 Å². The summed E-state index contributed by atoms with van der Waals surface area (Å²) in [5, 5.41) is 7.42. The van der Waals surface area contributed by atoms with Crippen molar-refractivity contribution in [2.45, 2.75) is 13.8 Å². The summed E-state index contributed by atoms with van der Waals surface area (Å²) in [7, 11) is -4.16. The Morgan fingerprint density at radius 2 is 1.73 bits per heavy atom. The average Bonchev–Trinajstić information content (AvgIpc) is 1.58. The van der Waals surface area contributed by atoms with Crippen LogP contribution in [-0.2, 0) is 9.22 Å². The minimum Gasteiger partial charge on any atom is -0.481 e. The van der Waals surface area contributed by atoms with E-state index in [0.717, 1.165) is 6.92 Å². The van der Waals surface area contributed by atoms with Crippen LogP contribution in [0.1, 0.15) is 13.8 Å². The molecule has 0 unspecified atom stereocenters. The van der Waals surface area contributed by atoms with Gasteiger partial charge >= 0.3 is 9.05 Å². The first-order valence-corrected chi connectivity index (χ1v) is 4.55. The Kier molecular flexibility index (Phi) is 7.47. The van der Waals surface area contributed by atoms with E-state index >= 15 is 0 Å². The molecule has 0 heterocycles. The van der Waals surface area contributed by atoms with Crippen LogP contribution in [0, 0.1) is 0 Å². The second kappa shape index (κ2) is 6.25. The number of carbonyl (C=O) groups is 1. The molecule has 6 nitrogen and oxygen atoms in total. The van der Waals surface area contributed by atoms with Gasteiger partial charge in [0.2, 0.25) is 0 Å². The number of hydrogen-bond donors (Lipinski definition) is 4. The van der Waals surface area contributed by atoms with Crippen LogP contribution in [-0.4, -0.2) is 41.1 Å². The van der Waals surface area contributed by atoms with Crippen molar-refractivity contribution >= 4 is 15.0 Å². The zero-order chi connectivity index (χ0) is 9.49. The lowest BCUT2D eigenvalue weighted by Gasteiger charge is -2.05. The molecule has 0 atom stereocenters. The fraction of sp³-hybridized carbons (Fsp3) is 0.750. The van der Waals surface area contributed by atoms with E-state index in [1.807, 2.05) is 0 Å². The highest BCUT2D eigenvalue weighted by Crippen LogP contribution is 1.85. The molecule has 0 bridgehead atoms. The molecule has 0 aliphatic heterocycles. The number of carboxylic acids is 1. The molecular weight excluding hydrogens is 172 g/mol. The zero-order valence-electron chi connectivity index (χ0n) is 6.31. The van der Waals surface area contributed by atoms with Crippen molar-refractivity contribution in [3.8, 4) is 0 Å². The fourth-order valence-corrected chi connectivity index (χ4v) is 0.581. The monoisotopic (exact) mass is 184 g/mol. The molecule has 0 aliphatic carbocycles. The van der Waals surface area contributed by atoms with Gasteiger partial charge in [-0.1, -0.05) is 0 Å². The molecular formula is C4H12O6Si. The quantitative estimate of drug-likeness (QED) is 0.390. The molecule has 4 N–H and O–H groups in total. The molecule has 0 saturated heterocycles. The van der Waals surface area contributed by atoms with E-state index in [1.165, 1.54) is 0 Å². The van der Waals surface area contributed by atoms with Crippen LogP contribution in [0.5, 0.6) is 0 Å². The summed E-state index contributed by atoms with van der Waals surface area (Å²) in [4.78, 5) is 33.1. The third kappa shape index (κ3) is 43.4. The largest absolute Gasteiger partial charge is 0.671 e. The van der Waals surface area contributed by atoms with Gasteiger partial charge in [0.25, 0.3) is 5.97 Å². The Bertz CT molecular complexity index is 104. The molecule has 11 heavy (non-hydrogen) atoms. The summed E-state index contributed by atoms with van der Waals surface area (Å²) in [5.74, 6) is -0.833. The third-order valence-electron chi connectivity index (χ3n) is 0.338. The Balaban J connectivity index is 0. The smallest absolute Gasteiger partial charge is 0.481 e. The lowest BCUT2D eigenvalue weighted by atomic mass is 10.9. The zero-order valence-corrected chi connectivity index (χ0v) is 7.31. The minimum atomic E-state index is -4.16. The van der Waals surface area contributed by atoms with E-state index in [-0.39, 0.29) is 6.61 Å². The average molecular weight is 184 g/mol. The molecule has 0 aromatic carbocycles. The predicted molar refractivity (Wildman–Crippen MR) is 37.3 cm³/mol. The third-order valence-corrected chi connectivity index (χ3v) is 1.01. The van der Waals surface area contributed by atoms with Gasteiger partial charge in [-0.15, -0.1) is 0 Å². The molecule has 0 aromatic heterocycles. The Hall–Kier alpha value is -0.473. The first kappa shape index (κ1) is 13.1. The van der Waals surface area contributed by atoms with Crippen molar-refractivity contribution in [3.05, 3.63) is 0 Å². The second-order valence-electron chi connectivity index (χ2n) is 1.53. The van der Waals surface area contributed by atoms with Gasteiger partial charge in [-0.25, -0.2) is 0 Å². The maximum absolute atomic E-state index is 9.00. The van der Waals surface area contributed by atoms with E-state index in [1.54, 1.807) is 6.92 Å². The van der Waals surface area contributed by atoms with Crippen LogP contribution < -0.4 is 0 Å². The molecule has 0 amide bonds. The SMILES string of the molecule is CC(=O)O.CCO[Si](O)(O)O. The summed E-state index contributed by atoms with van der Waals surface area (Å²) in [6.07, 6.45) is 0. The van der Waals surface area contributed by atoms with Crippen LogP contribution >= 0.6 is 0 Å². The topological polar surface area (TPSA) is 107 Å². The Morgan fingerprint density at radius 1 is 1.45 bits per heavy atom. The van der Waals surface area contributed by atoms with E-state index in [4.69, 9.17) is 24.3 Å². The van der Waals surface area contributed by atoms with Crippen molar-refractivity contribution in [1.82, 2.24) is 0 Å². The van der Waals surface area contributed by atoms with Gasteiger partial charge in [0.15, 0.2) is 0 Å². The lowest BCUT2D eigenvalue weighted by Crippen LogP contribution is -2.38. The van der Waals surface area contributed by atoms with Gasteiger partial charge in [0.05, 0.1) is 0 Å². The summed E-state index contributed by atoms with van der Waals surface area (Å²) >= 11 is 0. The standard InChI is InChI=1S/C2H8O4Si.C2H4O2/c1-2-6-7(3,4)5;1-2(3)4/h3-5H,2H2,1H3;1H3,(H,3,4). The summed E-state index contributed by atoms with van der Waals surface area (Å²) in [5.41, 5.74) is 0. The highest BCUT2D eigenvalue weighted by molar-refractivity contribution is 6.48. The fourth-order valence-electron chi connectivity index (χ4n) is 0.194. The van der Waals surface area contributed by atoms with Gasteiger partial charge in [0, 0.05) is 13.5 Å². The number of aliphatic carboxylic acids is 1. The molecule has 0 radical (unpaired) electrons. The Morgan fingerprint density at radius 3 is 1.73 bits per heavy atom. The molecule has 0 saturated carbocycles. The van der Waals surface area contributed by atoms with Crippen molar-refractivity contribution in [3.63, 3.8) is 0 Å². The van der Waals surface area contributed by atoms with Gasteiger partial charge in [-0.05, 0) is 6.92 Å². The van der Waals surface area contributed by atoms with Crippen molar-refractivity contribution in [1.29, 1.82) is 0 Å². The van der Waals surface area contributed by atoms with Crippen LogP contribution in [0.15, 0.2) is 0 Å². The highest BCUT2D eigenvalue weighted by atomic mass is 28.4. The highest BCUT2D eigenvalue weighted by Gasteiger charge is 2.28. The predicted octanol–water partition coefficient (Wildman–Crippen LogP) is -1.47. The molecule has 0 aliphatic rings. The second-order valence-corrected chi connectivity index (χ2v) is 2.96. The first-order valence-electron chi connectivity index (χ1n) is 2.80. The number of rotatable bonds is 2. The molecule has 0 aromatic rings. The van der Waals surface area contributed by atoms with Crippen molar-refractivity contribution in [2.24, 2.45) is 0 Å². The van der Waals surface area contributed by atoms with Gasteiger partial charge in [0.1, 0.15) is 0 Å². The molecule has 0 fully saturated rings. The maximum Gasteiger partial charge on any atom is 0.671 e. The van der Waals surface area contributed by atoms with Gasteiger partial charge in [-0.2, -0.15) is 0 Å². The number of hydrogen-bond acceptors (Lipinski definition) is 5. The summed E-state index contributed by atoms with van der Waals surface area (Å²) in [6.45, 7) is 2.76. The van der Waals surface area contributed by atoms with E-state index < -0.39 is 15.0 Å². The van der Waals surface area contributed by atoms with Crippen LogP contribution in [0.25, 0.3) is 0 Å². The van der Waals surface area contributed by atoms with Crippen LogP contribution in [0.2, 0.25) is 0 Å². The minimum absolute atomic E-state index is 0.121. The van der Waals surface area contributed by atoms with Crippen LogP contribution in [0.4, 0.5) is 0 Å². The van der Waals surface area contributed by atoms with Crippen LogP contribution in [0.3, 0.4) is 0 Å². The maximum atomic E-state index is 9.00. The van der Waals surface area contributed by atoms with Crippen molar-refractivity contribution in [2.75, 3.05) is 6.61 Å². The molecule has 0 rings (SSSR count). The lowest BCUT2D eigenvalue weighted by molar-refractivity contribution is -0.134. The molecule has 0 spiro atoms. The molecule has 68 valence electrons. The van der Waals surface area contributed by atoms with Gasteiger partial charge in [-0.3, -0.25) is 4.79 Å². The van der Waals surface area contributed by atoms with E-state index in [2.05, 4.69) is 4.43 Å². The normalized spacial score (nSPS) is 9.91. The molecule has 7 heteroatoms. The van der Waals surface area contributed by atoms with Crippen molar-refractivity contribution < 1.29 is 28.7 Å². The summed E-state index contributed by atoms with van der Waals surface area (Å²) < 4.78 is 4.03. The summed E-state index contributed by atoms with van der Waals surface area (Å²) in [6, 6.07) is 0. The Labute approximate surface area is 65.2 Å². The van der Waals surface area contributed by atoms with E-state index in [9.17, 15) is 0 Å². The van der Waals surface area contributed by atoms with Gasteiger partial charge < -0.3 is 23.9 Å².